The molecule has 1 saturated carbocycles. The molecular formula is C18H20N4O. The number of hydrogen-bond acceptors (Lipinski definition) is 2. The molecule has 2 aromatic heterocycles. The summed E-state index contributed by atoms with van der Waals surface area (Å²) in [5.74, 6) is 1.21. The zero-order valence-electron chi connectivity index (χ0n) is 13.4. The largest absolute Gasteiger partial charge is 0.335 e. The SMILES string of the molecule is Cc1c(NC(=O)Cn2c(C)cc3ccccc32)n[nH]c1C1CC1. The Hall–Kier alpha value is -2.56. The van der Waals surface area contributed by atoms with Gasteiger partial charge in [0.1, 0.15) is 6.54 Å². The standard InChI is InChI=1S/C18H20N4O/c1-11-9-14-5-3-4-6-15(14)22(11)10-16(23)19-18-12(2)17(20-21-18)13-7-8-13/h3-6,9,13H,7-8,10H2,1-2H3,(H2,19,20,21,23). The molecule has 23 heavy (non-hydrogen) atoms. The second kappa shape index (κ2) is 5.26. The maximum atomic E-state index is 12.4. The van der Waals surface area contributed by atoms with E-state index in [-0.39, 0.29) is 5.91 Å². The van der Waals surface area contributed by atoms with Gasteiger partial charge in [0.15, 0.2) is 5.82 Å². The molecule has 2 N–H and O–H groups in total. The van der Waals surface area contributed by atoms with Crippen molar-refractivity contribution in [3.05, 3.63) is 47.3 Å². The van der Waals surface area contributed by atoms with Gasteiger partial charge < -0.3 is 9.88 Å². The number of carbonyl (C=O) groups is 1. The summed E-state index contributed by atoms with van der Waals surface area (Å²) in [5, 5.41) is 11.4. The molecule has 1 aliphatic rings. The first-order valence-electron chi connectivity index (χ1n) is 8.03. The number of H-pyrrole nitrogens is 1. The lowest BCUT2D eigenvalue weighted by Crippen LogP contribution is -2.20. The van der Waals surface area contributed by atoms with Crippen LogP contribution < -0.4 is 5.32 Å². The van der Waals surface area contributed by atoms with Crippen molar-refractivity contribution in [2.45, 2.75) is 39.2 Å². The van der Waals surface area contributed by atoms with E-state index >= 15 is 0 Å². The number of amides is 1. The van der Waals surface area contributed by atoms with E-state index in [4.69, 9.17) is 0 Å². The fourth-order valence-electron chi connectivity index (χ4n) is 3.18. The Labute approximate surface area is 134 Å². The van der Waals surface area contributed by atoms with Gasteiger partial charge in [0.25, 0.3) is 0 Å². The average molecular weight is 308 g/mol. The van der Waals surface area contributed by atoms with Crippen LogP contribution in [0.15, 0.2) is 30.3 Å². The fourth-order valence-corrected chi connectivity index (χ4v) is 3.18. The van der Waals surface area contributed by atoms with Crippen molar-refractivity contribution < 1.29 is 4.79 Å². The maximum absolute atomic E-state index is 12.4. The van der Waals surface area contributed by atoms with Gasteiger partial charge in [0.2, 0.25) is 5.91 Å². The van der Waals surface area contributed by atoms with Crippen LogP contribution in [0.25, 0.3) is 10.9 Å². The van der Waals surface area contributed by atoms with E-state index in [1.54, 1.807) is 0 Å². The van der Waals surface area contributed by atoms with Gasteiger partial charge in [-0.25, -0.2) is 0 Å². The number of rotatable bonds is 4. The molecule has 0 saturated heterocycles. The van der Waals surface area contributed by atoms with Crippen LogP contribution in [0.1, 0.15) is 35.7 Å². The molecule has 0 bridgehead atoms. The third kappa shape index (κ3) is 2.52. The highest BCUT2D eigenvalue weighted by atomic mass is 16.2. The van der Waals surface area contributed by atoms with Gasteiger partial charge >= 0.3 is 0 Å². The summed E-state index contributed by atoms with van der Waals surface area (Å²) >= 11 is 0. The molecule has 4 rings (SSSR count). The van der Waals surface area contributed by atoms with Crippen LogP contribution in [0.4, 0.5) is 5.82 Å². The van der Waals surface area contributed by atoms with E-state index in [0.29, 0.717) is 18.3 Å². The summed E-state index contributed by atoms with van der Waals surface area (Å²) in [4.78, 5) is 12.4. The summed E-state index contributed by atoms with van der Waals surface area (Å²) in [6.07, 6.45) is 2.43. The van der Waals surface area contributed by atoms with Crippen molar-refractivity contribution in [2.24, 2.45) is 0 Å². The molecule has 1 aliphatic carbocycles. The zero-order valence-corrected chi connectivity index (χ0v) is 13.4. The van der Waals surface area contributed by atoms with E-state index in [1.165, 1.54) is 18.5 Å². The third-order valence-corrected chi connectivity index (χ3v) is 4.61. The van der Waals surface area contributed by atoms with E-state index in [9.17, 15) is 4.79 Å². The number of nitrogens with one attached hydrogen (secondary N) is 2. The summed E-state index contributed by atoms with van der Waals surface area (Å²) in [7, 11) is 0. The normalized spacial score (nSPS) is 14.3. The van der Waals surface area contributed by atoms with Crippen molar-refractivity contribution in [1.82, 2.24) is 14.8 Å². The van der Waals surface area contributed by atoms with Crippen LogP contribution >= 0.6 is 0 Å². The number of fused-ring (bicyclic) bond motifs is 1. The molecule has 0 spiro atoms. The van der Waals surface area contributed by atoms with Crippen molar-refractivity contribution in [3.8, 4) is 0 Å². The second-order valence-corrected chi connectivity index (χ2v) is 6.36. The molecule has 5 heteroatoms. The topological polar surface area (TPSA) is 62.7 Å². The maximum Gasteiger partial charge on any atom is 0.245 e. The average Bonchev–Trinajstić information content (AvgIpc) is 3.25. The van der Waals surface area contributed by atoms with Gasteiger partial charge in [-0.2, -0.15) is 5.10 Å². The smallest absolute Gasteiger partial charge is 0.245 e. The lowest BCUT2D eigenvalue weighted by atomic mass is 10.2. The fraction of sp³-hybridized carbons (Fsp3) is 0.333. The Morgan fingerprint density at radius 2 is 2.13 bits per heavy atom. The zero-order chi connectivity index (χ0) is 16.0. The number of carbonyl (C=O) groups excluding carboxylic acids is 1. The molecule has 0 unspecified atom stereocenters. The number of aromatic nitrogens is 3. The summed E-state index contributed by atoms with van der Waals surface area (Å²) in [6.45, 7) is 4.34. The highest BCUT2D eigenvalue weighted by molar-refractivity contribution is 5.92. The Morgan fingerprint density at radius 3 is 2.91 bits per heavy atom. The first-order valence-corrected chi connectivity index (χ1v) is 8.03. The molecule has 0 atom stereocenters. The summed E-state index contributed by atoms with van der Waals surface area (Å²) < 4.78 is 2.04. The predicted molar refractivity (Wildman–Crippen MR) is 90.6 cm³/mol. The van der Waals surface area contributed by atoms with Crippen molar-refractivity contribution in [1.29, 1.82) is 0 Å². The van der Waals surface area contributed by atoms with Crippen LogP contribution in [-0.4, -0.2) is 20.7 Å². The Morgan fingerprint density at radius 1 is 1.35 bits per heavy atom. The number of nitrogens with zero attached hydrogens (tertiary/aromatic N) is 2. The van der Waals surface area contributed by atoms with Gasteiger partial charge in [-0.05, 0) is 44.2 Å². The van der Waals surface area contributed by atoms with Crippen molar-refractivity contribution >= 4 is 22.6 Å². The van der Waals surface area contributed by atoms with Gasteiger partial charge in [-0.15, -0.1) is 0 Å². The minimum absolute atomic E-state index is 0.0496. The van der Waals surface area contributed by atoms with Gasteiger partial charge in [-0.3, -0.25) is 9.89 Å². The second-order valence-electron chi connectivity index (χ2n) is 6.36. The van der Waals surface area contributed by atoms with Gasteiger partial charge in [-0.1, -0.05) is 18.2 Å². The minimum atomic E-state index is -0.0496. The van der Waals surface area contributed by atoms with Crippen LogP contribution in [0.5, 0.6) is 0 Å². The first kappa shape index (κ1) is 14.1. The number of hydrogen-bond donors (Lipinski definition) is 2. The van der Waals surface area contributed by atoms with E-state index in [2.05, 4.69) is 27.6 Å². The lowest BCUT2D eigenvalue weighted by molar-refractivity contribution is -0.116. The van der Waals surface area contributed by atoms with E-state index in [0.717, 1.165) is 22.2 Å². The number of para-hydroxylation sites is 1. The number of aromatic amines is 1. The van der Waals surface area contributed by atoms with Crippen LogP contribution in [0.2, 0.25) is 0 Å². The molecule has 1 fully saturated rings. The molecular weight excluding hydrogens is 288 g/mol. The van der Waals surface area contributed by atoms with Gasteiger partial charge in [0, 0.05) is 28.4 Å². The molecule has 0 aliphatic heterocycles. The molecule has 2 heterocycles. The Balaban J connectivity index is 1.54. The molecule has 1 aromatic carbocycles. The van der Waals surface area contributed by atoms with Crippen LogP contribution in [0, 0.1) is 13.8 Å². The monoisotopic (exact) mass is 308 g/mol. The van der Waals surface area contributed by atoms with Gasteiger partial charge in [0.05, 0.1) is 0 Å². The molecule has 0 radical (unpaired) electrons. The quantitative estimate of drug-likeness (QED) is 0.775. The summed E-state index contributed by atoms with van der Waals surface area (Å²) in [5.41, 5.74) is 4.40. The van der Waals surface area contributed by atoms with E-state index in [1.807, 2.05) is 36.6 Å². The van der Waals surface area contributed by atoms with Crippen LogP contribution in [-0.2, 0) is 11.3 Å². The lowest BCUT2D eigenvalue weighted by Gasteiger charge is -2.08. The number of anilines is 1. The minimum Gasteiger partial charge on any atom is -0.335 e. The van der Waals surface area contributed by atoms with Crippen molar-refractivity contribution in [2.75, 3.05) is 5.32 Å². The van der Waals surface area contributed by atoms with Crippen molar-refractivity contribution in [3.63, 3.8) is 0 Å². The highest BCUT2D eigenvalue weighted by Crippen LogP contribution is 2.41. The molecule has 1 amide bonds. The Kier molecular flexibility index (Phi) is 3.22. The van der Waals surface area contributed by atoms with E-state index < -0.39 is 0 Å². The Bertz CT molecular complexity index is 886. The number of benzene rings is 1. The first-order chi connectivity index (χ1) is 11.1. The third-order valence-electron chi connectivity index (χ3n) is 4.61. The molecule has 3 aromatic rings. The molecule has 118 valence electrons. The molecule has 5 nitrogen and oxygen atoms in total. The number of aryl methyl sites for hydroxylation is 1. The predicted octanol–water partition coefficient (Wildman–Crippen LogP) is 3.50. The summed E-state index contributed by atoms with van der Waals surface area (Å²) in [6, 6.07) is 10.2. The van der Waals surface area contributed by atoms with Crippen LogP contribution in [0.3, 0.4) is 0 Å². The highest BCUT2D eigenvalue weighted by Gasteiger charge is 2.28.